The summed E-state index contributed by atoms with van der Waals surface area (Å²) in [6.07, 6.45) is 10.1. The molecule has 4 heteroatoms. The molecule has 0 aromatic rings. The van der Waals surface area contributed by atoms with Crippen LogP contribution in [0.1, 0.15) is 79.1 Å². The Bertz CT molecular complexity index is 488. The van der Waals surface area contributed by atoms with E-state index in [1.807, 2.05) is 0 Å². The van der Waals surface area contributed by atoms with Crippen LogP contribution >= 0.6 is 0 Å². The summed E-state index contributed by atoms with van der Waals surface area (Å²) in [7, 11) is 4.19. The molecule has 2 aliphatic carbocycles. The highest BCUT2D eigenvalue weighted by atomic mass is 16.5. The lowest BCUT2D eigenvalue weighted by Gasteiger charge is -2.39. The molecule has 0 unspecified atom stereocenters. The molecule has 0 radical (unpaired) electrons. The van der Waals surface area contributed by atoms with Crippen molar-refractivity contribution in [1.82, 2.24) is 0 Å². The van der Waals surface area contributed by atoms with Crippen LogP contribution < -0.4 is 0 Å². The first-order valence-corrected chi connectivity index (χ1v) is 11.2. The van der Waals surface area contributed by atoms with Gasteiger partial charge in [-0.15, -0.1) is 0 Å². The fourth-order valence-corrected chi connectivity index (χ4v) is 5.19. The van der Waals surface area contributed by atoms with Crippen molar-refractivity contribution in [3.63, 3.8) is 0 Å². The van der Waals surface area contributed by atoms with Crippen LogP contribution in [0.4, 0.5) is 0 Å². The van der Waals surface area contributed by atoms with E-state index in [-0.39, 0.29) is 5.97 Å². The van der Waals surface area contributed by atoms with Crippen molar-refractivity contribution in [3.8, 4) is 0 Å². The SMILES string of the molecule is CCCCCCCOC(=O)C[N+](C)(C)CCO[C@H]1C[C@@H]2CC[C@]1(C)C2(C)C. The number of unbranched alkanes of at least 4 members (excludes halogenated alkanes) is 4. The zero-order valence-electron chi connectivity index (χ0n) is 18.8. The molecule has 0 aromatic carbocycles. The molecule has 3 atom stereocenters. The van der Waals surface area contributed by atoms with Crippen molar-refractivity contribution in [2.45, 2.75) is 85.2 Å². The summed E-state index contributed by atoms with van der Waals surface area (Å²) in [5, 5.41) is 0. The lowest BCUT2D eigenvalue weighted by atomic mass is 9.70. The highest BCUT2D eigenvalue weighted by molar-refractivity contribution is 5.70. The molecule has 0 heterocycles. The third-order valence-electron chi connectivity index (χ3n) is 7.80. The molecule has 2 rings (SSSR count). The van der Waals surface area contributed by atoms with E-state index in [4.69, 9.17) is 9.47 Å². The summed E-state index contributed by atoms with van der Waals surface area (Å²) in [6.45, 7) is 12.0. The number of likely N-dealkylation sites (N-methyl/N-ethyl adjacent to an activating group) is 1. The van der Waals surface area contributed by atoms with Crippen LogP contribution in [0.2, 0.25) is 0 Å². The number of esters is 1. The number of nitrogens with zero attached hydrogens (tertiary/aromatic N) is 1. The molecule has 158 valence electrons. The van der Waals surface area contributed by atoms with E-state index in [1.165, 1.54) is 38.5 Å². The fourth-order valence-electron chi connectivity index (χ4n) is 5.19. The minimum atomic E-state index is -0.0801. The lowest BCUT2D eigenvalue weighted by molar-refractivity contribution is -0.883. The number of rotatable bonds is 12. The standard InChI is InChI=1S/C23H44NO3/c1-7-8-9-10-11-15-27-21(25)18-24(5,6)14-16-26-20-17-19-12-13-23(20,4)22(19,2)3/h19-20H,7-18H2,1-6H3/q+1/t19-,20-,23-/m0/s1. The van der Waals surface area contributed by atoms with Crippen molar-refractivity contribution in [1.29, 1.82) is 0 Å². The Hall–Kier alpha value is -0.610. The van der Waals surface area contributed by atoms with Gasteiger partial charge < -0.3 is 14.0 Å². The first kappa shape index (κ1) is 22.7. The Morgan fingerprint density at radius 3 is 2.37 bits per heavy atom. The number of ether oxygens (including phenoxy) is 2. The van der Waals surface area contributed by atoms with Gasteiger partial charge in [0.1, 0.15) is 6.54 Å². The van der Waals surface area contributed by atoms with Crippen LogP contribution in [0.25, 0.3) is 0 Å². The minimum absolute atomic E-state index is 0.0801. The fraction of sp³-hybridized carbons (Fsp3) is 0.957. The van der Waals surface area contributed by atoms with Gasteiger partial charge in [0.15, 0.2) is 6.54 Å². The number of carbonyl (C=O) groups is 1. The second kappa shape index (κ2) is 9.26. The van der Waals surface area contributed by atoms with Crippen molar-refractivity contribution >= 4 is 5.97 Å². The molecule has 2 aliphatic rings. The molecule has 0 aromatic heterocycles. The first-order chi connectivity index (χ1) is 12.6. The van der Waals surface area contributed by atoms with Gasteiger partial charge in [0.25, 0.3) is 0 Å². The molecule has 0 spiro atoms. The Morgan fingerprint density at radius 2 is 1.78 bits per heavy atom. The second-order valence-corrected chi connectivity index (χ2v) is 10.4. The monoisotopic (exact) mass is 382 g/mol. The van der Waals surface area contributed by atoms with Crippen molar-refractivity contribution in [2.75, 3.05) is 40.4 Å². The van der Waals surface area contributed by atoms with Gasteiger partial charge in [-0.2, -0.15) is 0 Å². The third-order valence-corrected chi connectivity index (χ3v) is 7.80. The van der Waals surface area contributed by atoms with Gasteiger partial charge in [-0.3, -0.25) is 0 Å². The predicted molar refractivity (Wildman–Crippen MR) is 111 cm³/mol. The quantitative estimate of drug-likeness (QED) is 0.276. The molecule has 27 heavy (non-hydrogen) atoms. The van der Waals surface area contributed by atoms with Crippen LogP contribution in [0.15, 0.2) is 0 Å². The third kappa shape index (κ3) is 5.47. The van der Waals surface area contributed by atoms with E-state index in [9.17, 15) is 4.79 Å². The molecular formula is C23H44NO3+. The molecule has 0 N–H and O–H groups in total. The van der Waals surface area contributed by atoms with Crippen molar-refractivity contribution < 1.29 is 18.8 Å². The number of quaternary nitrogens is 1. The van der Waals surface area contributed by atoms with Crippen LogP contribution in [0.5, 0.6) is 0 Å². The smallest absolute Gasteiger partial charge is 0.361 e. The molecular weight excluding hydrogens is 338 g/mol. The lowest BCUT2D eigenvalue weighted by Crippen LogP contribution is -2.47. The maximum absolute atomic E-state index is 12.1. The molecule has 2 bridgehead atoms. The summed E-state index contributed by atoms with van der Waals surface area (Å²) < 4.78 is 12.4. The average Bonchev–Trinajstić information content (AvgIpc) is 2.91. The van der Waals surface area contributed by atoms with E-state index < -0.39 is 0 Å². The van der Waals surface area contributed by atoms with Gasteiger partial charge in [-0.1, -0.05) is 53.4 Å². The van der Waals surface area contributed by atoms with E-state index in [0.29, 0.717) is 34.6 Å². The zero-order chi connectivity index (χ0) is 20.1. The number of hydrogen-bond donors (Lipinski definition) is 0. The Morgan fingerprint density at radius 1 is 1.07 bits per heavy atom. The number of carbonyl (C=O) groups excluding carboxylic acids is 1. The number of fused-ring (bicyclic) bond motifs is 2. The Kier molecular flexibility index (Phi) is 7.78. The van der Waals surface area contributed by atoms with Gasteiger partial charge in [0.05, 0.1) is 33.4 Å². The normalized spacial score (nSPS) is 29.3. The average molecular weight is 383 g/mol. The van der Waals surface area contributed by atoms with Crippen LogP contribution in [0.3, 0.4) is 0 Å². The van der Waals surface area contributed by atoms with E-state index in [1.54, 1.807) is 0 Å². The summed E-state index contributed by atoms with van der Waals surface area (Å²) in [5.41, 5.74) is 0.703. The molecule has 0 amide bonds. The predicted octanol–water partition coefficient (Wildman–Crippen LogP) is 4.81. The Balaban J connectivity index is 1.64. The largest absolute Gasteiger partial charge is 0.462 e. The van der Waals surface area contributed by atoms with Crippen LogP contribution in [0, 0.1) is 16.7 Å². The van der Waals surface area contributed by atoms with E-state index in [2.05, 4.69) is 41.8 Å². The summed E-state index contributed by atoms with van der Waals surface area (Å²) in [5.74, 6) is 0.728. The zero-order valence-corrected chi connectivity index (χ0v) is 18.8. The second-order valence-electron chi connectivity index (χ2n) is 10.4. The highest BCUT2D eigenvalue weighted by Crippen LogP contribution is 2.66. The van der Waals surface area contributed by atoms with Crippen LogP contribution in [-0.2, 0) is 14.3 Å². The maximum atomic E-state index is 12.1. The molecule has 4 nitrogen and oxygen atoms in total. The van der Waals surface area contributed by atoms with Gasteiger partial charge in [-0.25, -0.2) is 4.79 Å². The number of hydrogen-bond acceptors (Lipinski definition) is 3. The Labute approximate surface area is 167 Å². The molecule has 0 saturated heterocycles. The molecule has 2 fully saturated rings. The topological polar surface area (TPSA) is 35.5 Å². The van der Waals surface area contributed by atoms with E-state index in [0.717, 1.165) is 31.9 Å². The summed E-state index contributed by atoms with van der Waals surface area (Å²) in [4.78, 5) is 12.1. The van der Waals surface area contributed by atoms with Gasteiger partial charge in [-0.05, 0) is 42.4 Å². The van der Waals surface area contributed by atoms with Crippen LogP contribution in [-0.4, -0.2) is 57.0 Å². The maximum Gasteiger partial charge on any atom is 0.361 e. The highest BCUT2D eigenvalue weighted by Gasteiger charge is 2.61. The first-order valence-electron chi connectivity index (χ1n) is 11.2. The van der Waals surface area contributed by atoms with Crippen molar-refractivity contribution in [3.05, 3.63) is 0 Å². The molecule has 0 aliphatic heterocycles. The van der Waals surface area contributed by atoms with Crippen molar-refractivity contribution in [2.24, 2.45) is 16.7 Å². The van der Waals surface area contributed by atoms with Gasteiger partial charge >= 0.3 is 5.97 Å². The van der Waals surface area contributed by atoms with Gasteiger partial charge in [0.2, 0.25) is 0 Å². The molecule has 2 saturated carbocycles. The van der Waals surface area contributed by atoms with Gasteiger partial charge in [0, 0.05) is 0 Å². The summed E-state index contributed by atoms with van der Waals surface area (Å²) in [6, 6.07) is 0. The minimum Gasteiger partial charge on any atom is -0.462 e. The van der Waals surface area contributed by atoms with E-state index >= 15 is 0 Å². The summed E-state index contributed by atoms with van der Waals surface area (Å²) >= 11 is 0.